The van der Waals surface area contributed by atoms with Crippen LogP contribution < -0.4 is 20.1 Å². The van der Waals surface area contributed by atoms with Crippen molar-refractivity contribution in [3.8, 4) is 11.5 Å². The number of carbonyl (C=O) groups is 2. The first-order valence-electron chi connectivity index (χ1n) is 10.7. The van der Waals surface area contributed by atoms with Crippen molar-refractivity contribution in [3.05, 3.63) is 59.8 Å². The molecule has 0 unspecified atom stereocenters. The summed E-state index contributed by atoms with van der Waals surface area (Å²) in [5, 5.41) is 6.48. The van der Waals surface area contributed by atoms with Gasteiger partial charge in [-0.3, -0.25) is 14.9 Å². The number of rotatable bonds is 3. The first-order chi connectivity index (χ1) is 15.9. The molecule has 2 N–H and O–H groups in total. The summed E-state index contributed by atoms with van der Waals surface area (Å²) in [6.07, 6.45) is -0.0875. The third-order valence-corrected chi connectivity index (χ3v) is 6.34. The van der Waals surface area contributed by atoms with E-state index >= 15 is 0 Å². The van der Waals surface area contributed by atoms with Gasteiger partial charge in [-0.15, -0.1) is 21.2 Å². The highest BCUT2D eigenvalue weighted by Gasteiger charge is 2.46. The Balaban J connectivity index is 0.00000241. The van der Waals surface area contributed by atoms with Gasteiger partial charge in [0.1, 0.15) is 0 Å². The molecule has 0 saturated carbocycles. The molecule has 2 amide bonds. The Morgan fingerprint density at radius 2 is 1.62 bits per heavy atom. The fourth-order valence-electron chi connectivity index (χ4n) is 4.93. The molecule has 4 heterocycles. The summed E-state index contributed by atoms with van der Waals surface area (Å²) in [6, 6.07) is 12.2. The number of amides is 2. The average molecular weight is 488 g/mol. The second-order valence-electron chi connectivity index (χ2n) is 8.28. The Morgan fingerprint density at radius 3 is 2.38 bits per heavy atom. The number of carbonyl (C=O) groups excluding carboxylic acids is 2. The standard InChI is InChI=1S/C24H19F2N3O4.ClH/c25-24(26)32-18-7-3-5-15(21(18)33-24)19-20(23(31)28-22(19)30)16-12-29(13-8-10-27-11-9-13)17-6-2-1-4-14(16)17;/h1-7,12-13,27H,8-11H2,(H,28,30,31);1H. The van der Waals surface area contributed by atoms with Crippen molar-refractivity contribution >= 4 is 46.3 Å². The molecule has 0 radical (unpaired) electrons. The number of para-hydroxylation sites is 2. The molecular weight excluding hydrogens is 468 g/mol. The minimum Gasteiger partial charge on any atom is -0.395 e. The first kappa shape index (κ1) is 22.4. The SMILES string of the molecule is Cl.O=C1NC(=O)C(c2cn(C3CCNCC3)c3ccccc23)=C1c1cccc2c1OC(F)(F)O2. The highest BCUT2D eigenvalue weighted by molar-refractivity contribution is 6.50. The lowest BCUT2D eigenvalue weighted by Crippen LogP contribution is -2.29. The van der Waals surface area contributed by atoms with Crippen molar-refractivity contribution in [3.63, 3.8) is 0 Å². The summed E-state index contributed by atoms with van der Waals surface area (Å²) in [4.78, 5) is 25.9. The molecule has 0 atom stereocenters. The molecule has 1 aromatic heterocycles. The Kier molecular flexibility index (Phi) is 5.33. The predicted molar refractivity (Wildman–Crippen MR) is 123 cm³/mol. The number of piperidine rings is 1. The van der Waals surface area contributed by atoms with E-state index in [-0.39, 0.29) is 46.7 Å². The number of hydrogen-bond acceptors (Lipinski definition) is 5. The molecule has 176 valence electrons. The van der Waals surface area contributed by atoms with E-state index in [1.54, 1.807) is 0 Å². The predicted octanol–water partition coefficient (Wildman–Crippen LogP) is 3.88. The summed E-state index contributed by atoms with van der Waals surface area (Å²) >= 11 is 0. The largest absolute Gasteiger partial charge is 0.586 e. The number of alkyl halides is 2. The van der Waals surface area contributed by atoms with Crippen LogP contribution in [0.3, 0.4) is 0 Å². The van der Waals surface area contributed by atoms with Gasteiger partial charge in [0.25, 0.3) is 11.8 Å². The van der Waals surface area contributed by atoms with Crippen molar-refractivity contribution < 1.29 is 27.8 Å². The van der Waals surface area contributed by atoms with E-state index in [0.29, 0.717) is 5.56 Å². The number of aromatic nitrogens is 1. The lowest BCUT2D eigenvalue weighted by atomic mass is 9.95. The number of ether oxygens (including phenoxy) is 2. The van der Waals surface area contributed by atoms with E-state index in [2.05, 4.69) is 19.9 Å². The fourth-order valence-corrected chi connectivity index (χ4v) is 4.93. The maximum Gasteiger partial charge on any atom is 0.586 e. The van der Waals surface area contributed by atoms with Gasteiger partial charge in [-0.1, -0.05) is 30.3 Å². The number of imide groups is 1. The highest BCUT2D eigenvalue weighted by atomic mass is 35.5. The van der Waals surface area contributed by atoms with E-state index in [1.165, 1.54) is 18.2 Å². The van der Waals surface area contributed by atoms with Gasteiger partial charge in [0.05, 0.1) is 11.1 Å². The third kappa shape index (κ3) is 3.43. The van der Waals surface area contributed by atoms with Gasteiger partial charge >= 0.3 is 6.29 Å². The van der Waals surface area contributed by atoms with Crippen molar-refractivity contribution in [2.24, 2.45) is 0 Å². The molecule has 2 aromatic carbocycles. The van der Waals surface area contributed by atoms with Crippen LogP contribution in [0.2, 0.25) is 0 Å². The Bertz CT molecular complexity index is 1360. The number of fused-ring (bicyclic) bond motifs is 2. The second kappa shape index (κ2) is 8.11. The Labute approximate surface area is 199 Å². The summed E-state index contributed by atoms with van der Waals surface area (Å²) in [6.45, 7) is 1.78. The smallest absolute Gasteiger partial charge is 0.395 e. The van der Waals surface area contributed by atoms with Crippen LogP contribution in [0.25, 0.3) is 22.0 Å². The van der Waals surface area contributed by atoms with Crippen LogP contribution in [0.1, 0.15) is 30.0 Å². The van der Waals surface area contributed by atoms with Gasteiger partial charge in [-0.2, -0.15) is 0 Å². The average Bonchev–Trinajstić information content (AvgIpc) is 3.43. The molecule has 3 aliphatic heterocycles. The zero-order chi connectivity index (χ0) is 22.7. The highest BCUT2D eigenvalue weighted by Crippen LogP contribution is 2.48. The number of halogens is 3. The van der Waals surface area contributed by atoms with E-state index in [9.17, 15) is 18.4 Å². The summed E-state index contributed by atoms with van der Waals surface area (Å²) in [5.41, 5.74) is 1.73. The van der Waals surface area contributed by atoms with E-state index < -0.39 is 18.1 Å². The molecule has 1 fully saturated rings. The minimum absolute atomic E-state index is 0. The van der Waals surface area contributed by atoms with Gasteiger partial charge in [0.15, 0.2) is 11.5 Å². The topological polar surface area (TPSA) is 81.6 Å². The van der Waals surface area contributed by atoms with Crippen molar-refractivity contribution in [1.82, 2.24) is 15.2 Å². The molecule has 6 rings (SSSR count). The third-order valence-electron chi connectivity index (χ3n) is 6.34. The van der Waals surface area contributed by atoms with Crippen LogP contribution in [0.15, 0.2) is 48.7 Å². The maximum absolute atomic E-state index is 13.8. The van der Waals surface area contributed by atoms with Crippen LogP contribution in [0, 0.1) is 0 Å². The van der Waals surface area contributed by atoms with Crippen LogP contribution >= 0.6 is 12.4 Å². The molecule has 0 aliphatic carbocycles. The van der Waals surface area contributed by atoms with Crippen molar-refractivity contribution in [2.75, 3.05) is 13.1 Å². The van der Waals surface area contributed by atoms with Crippen LogP contribution in [0.5, 0.6) is 11.5 Å². The molecular formula is C24H20ClF2N3O4. The summed E-state index contributed by atoms with van der Waals surface area (Å²) in [7, 11) is 0. The van der Waals surface area contributed by atoms with Crippen LogP contribution in [0.4, 0.5) is 8.78 Å². The van der Waals surface area contributed by atoms with Crippen molar-refractivity contribution in [1.29, 1.82) is 0 Å². The zero-order valence-electron chi connectivity index (χ0n) is 17.8. The van der Waals surface area contributed by atoms with Gasteiger partial charge in [0.2, 0.25) is 0 Å². The lowest BCUT2D eigenvalue weighted by Gasteiger charge is -2.25. The van der Waals surface area contributed by atoms with Gasteiger partial charge in [-0.25, -0.2) is 0 Å². The van der Waals surface area contributed by atoms with Gasteiger partial charge < -0.3 is 19.4 Å². The second-order valence-corrected chi connectivity index (χ2v) is 8.28. The number of nitrogens with one attached hydrogen (secondary N) is 2. The lowest BCUT2D eigenvalue weighted by molar-refractivity contribution is -0.286. The van der Waals surface area contributed by atoms with Crippen LogP contribution in [-0.4, -0.2) is 35.8 Å². The van der Waals surface area contributed by atoms with E-state index in [0.717, 1.165) is 36.8 Å². The number of nitrogens with zero attached hydrogens (tertiary/aromatic N) is 1. The van der Waals surface area contributed by atoms with Crippen molar-refractivity contribution in [2.45, 2.75) is 25.2 Å². The normalized spacial score (nSPS) is 19.5. The molecule has 10 heteroatoms. The molecule has 1 saturated heterocycles. The molecule has 7 nitrogen and oxygen atoms in total. The molecule has 34 heavy (non-hydrogen) atoms. The number of benzene rings is 2. The van der Waals surface area contributed by atoms with Gasteiger partial charge in [-0.05, 0) is 38.1 Å². The Hall–Kier alpha value is -3.43. The molecule has 3 aromatic rings. The first-order valence-corrected chi connectivity index (χ1v) is 10.7. The summed E-state index contributed by atoms with van der Waals surface area (Å²) < 4.78 is 39.0. The Morgan fingerprint density at radius 1 is 0.912 bits per heavy atom. The quantitative estimate of drug-likeness (QED) is 0.548. The molecule has 0 spiro atoms. The van der Waals surface area contributed by atoms with Crippen LogP contribution in [-0.2, 0) is 9.59 Å². The minimum atomic E-state index is -3.84. The monoisotopic (exact) mass is 487 g/mol. The number of hydrogen-bond donors (Lipinski definition) is 2. The fraction of sp³-hybridized carbons (Fsp3) is 0.250. The summed E-state index contributed by atoms with van der Waals surface area (Å²) in [5.74, 6) is -1.69. The maximum atomic E-state index is 13.8. The zero-order valence-corrected chi connectivity index (χ0v) is 18.6. The molecule has 0 bridgehead atoms. The van der Waals surface area contributed by atoms with Gasteiger partial charge in [0, 0.05) is 34.3 Å². The van der Waals surface area contributed by atoms with E-state index in [1.807, 2.05) is 30.5 Å². The van der Waals surface area contributed by atoms with E-state index in [4.69, 9.17) is 4.74 Å². The molecule has 3 aliphatic rings.